The molecule has 0 saturated carbocycles. The minimum atomic E-state index is -4.10. The lowest BCUT2D eigenvalue weighted by molar-refractivity contribution is -0.136. The molecule has 2 atom stereocenters. The first-order valence-corrected chi connectivity index (χ1v) is 23.2. The summed E-state index contributed by atoms with van der Waals surface area (Å²) in [6.07, 6.45) is 0.902. The fourth-order valence-electron chi connectivity index (χ4n) is 8.03. The summed E-state index contributed by atoms with van der Waals surface area (Å²) in [5, 5.41) is 6.16. The highest BCUT2D eigenvalue weighted by Gasteiger charge is 2.71. The Kier molecular flexibility index (Phi) is 11.8. The van der Waals surface area contributed by atoms with Crippen molar-refractivity contribution < 1.29 is 49.9 Å². The minimum absolute atomic E-state index is 0.0341. The van der Waals surface area contributed by atoms with Crippen molar-refractivity contribution in [3.05, 3.63) is 121 Å². The lowest BCUT2D eigenvalue weighted by Gasteiger charge is -2.56. The van der Waals surface area contributed by atoms with Gasteiger partial charge < -0.3 is 20.1 Å². The second-order valence-corrected chi connectivity index (χ2v) is 20.8. The molecule has 61 heavy (non-hydrogen) atoms. The SMILES string of the molecule is Cc1ccc(F)cc1C1NC(=O)CC(c2cc(Cl)ccc2OC(C)(C)C(=O)NS(C)(=O)=O)(c2cc(Cl)ccc2OC(C)(C)C(=O)NS(C)(=O)=O)C12C(=O)Nc1cc(Cl)ccc12. The number of rotatable bonds is 11. The Bertz CT molecular complexity index is 2660. The summed E-state index contributed by atoms with van der Waals surface area (Å²) in [5.74, 6) is -4.69. The van der Waals surface area contributed by atoms with Crippen LogP contribution in [0.1, 0.15) is 68.0 Å². The van der Waals surface area contributed by atoms with E-state index in [0.29, 0.717) is 5.56 Å². The summed E-state index contributed by atoms with van der Waals surface area (Å²) >= 11 is 20.2. The standard InChI is InChI=1S/C41H40Cl3FN4O10S2/c1-21-8-12-25(45)19-26(21)34-41(27-13-9-24(44)18-30(27)46-37(41)53)40(20-33(50)47-34,28-16-22(42)10-14-31(28)58-38(2,3)35(51)48-60(6,54)55)29-17-23(43)11-15-32(29)59-39(4,5)36(52)49-61(7,56)57/h8-19,34H,20H2,1-7H3,(H,46,53)(H,47,50)(H,48,51)(H,49,52). The number of anilines is 1. The van der Waals surface area contributed by atoms with Crippen LogP contribution in [0.15, 0.2) is 72.8 Å². The quantitative estimate of drug-likeness (QED) is 0.138. The van der Waals surface area contributed by atoms with E-state index in [2.05, 4.69) is 10.6 Å². The molecule has 0 aromatic heterocycles. The van der Waals surface area contributed by atoms with Crippen LogP contribution in [0.5, 0.6) is 11.5 Å². The summed E-state index contributed by atoms with van der Waals surface area (Å²) in [6, 6.07) is 15.3. The van der Waals surface area contributed by atoms with Gasteiger partial charge in [0, 0.05) is 38.3 Å². The zero-order valence-corrected chi connectivity index (χ0v) is 37.5. The van der Waals surface area contributed by atoms with Gasteiger partial charge in [0.25, 0.3) is 11.8 Å². The molecule has 1 saturated heterocycles. The molecule has 4 amide bonds. The Morgan fingerprint density at radius 3 is 1.70 bits per heavy atom. The molecule has 0 radical (unpaired) electrons. The van der Waals surface area contributed by atoms with Crippen LogP contribution < -0.4 is 29.6 Å². The molecule has 4 aromatic carbocycles. The fraction of sp³-hybridized carbons (Fsp3) is 0.317. The molecule has 0 bridgehead atoms. The van der Waals surface area contributed by atoms with Crippen molar-refractivity contribution in [1.82, 2.24) is 14.8 Å². The maximum absolute atomic E-state index is 15.7. The second kappa shape index (κ2) is 15.8. The first-order chi connectivity index (χ1) is 28.1. The van der Waals surface area contributed by atoms with Crippen LogP contribution in [-0.2, 0) is 50.1 Å². The van der Waals surface area contributed by atoms with Crippen LogP contribution in [0, 0.1) is 12.7 Å². The fourth-order valence-corrected chi connectivity index (χ4v) is 9.71. The first-order valence-electron chi connectivity index (χ1n) is 18.3. The van der Waals surface area contributed by atoms with Crippen molar-refractivity contribution in [3.8, 4) is 11.5 Å². The van der Waals surface area contributed by atoms with Gasteiger partial charge in [-0.2, -0.15) is 0 Å². The topological polar surface area (TPSA) is 203 Å². The monoisotopic (exact) mass is 936 g/mol. The Morgan fingerprint density at radius 2 is 1.21 bits per heavy atom. The highest BCUT2D eigenvalue weighted by molar-refractivity contribution is 7.89. The number of ether oxygens (including phenoxy) is 2. The van der Waals surface area contributed by atoms with Gasteiger partial charge in [0.05, 0.1) is 24.0 Å². The van der Waals surface area contributed by atoms with E-state index in [0.717, 1.165) is 12.5 Å². The van der Waals surface area contributed by atoms with E-state index >= 15 is 9.18 Å². The molecule has 2 aliphatic rings. The van der Waals surface area contributed by atoms with E-state index in [1.54, 1.807) is 13.0 Å². The van der Waals surface area contributed by atoms with Gasteiger partial charge in [-0.1, -0.05) is 46.9 Å². The third kappa shape index (κ3) is 8.50. The lowest BCUT2D eigenvalue weighted by atomic mass is 9.47. The molecule has 14 nitrogen and oxygen atoms in total. The number of halogens is 4. The van der Waals surface area contributed by atoms with Gasteiger partial charge >= 0.3 is 0 Å². The number of hydrogen-bond donors (Lipinski definition) is 4. The number of benzene rings is 4. The molecule has 0 aliphatic carbocycles. The molecular weight excluding hydrogens is 898 g/mol. The van der Waals surface area contributed by atoms with Gasteiger partial charge in [-0.15, -0.1) is 0 Å². The zero-order valence-electron chi connectivity index (χ0n) is 33.6. The van der Waals surface area contributed by atoms with E-state index < -0.39 is 84.0 Å². The average Bonchev–Trinajstić information content (AvgIpc) is 3.41. The molecule has 2 heterocycles. The number of piperidine rings is 1. The predicted molar refractivity (Wildman–Crippen MR) is 227 cm³/mol. The van der Waals surface area contributed by atoms with E-state index in [1.807, 2.05) is 9.44 Å². The number of nitrogens with one attached hydrogen (secondary N) is 4. The molecule has 324 valence electrons. The average molecular weight is 938 g/mol. The summed E-state index contributed by atoms with van der Waals surface area (Å²) < 4.78 is 81.1. The van der Waals surface area contributed by atoms with Crippen LogP contribution in [0.25, 0.3) is 0 Å². The highest BCUT2D eigenvalue weighted by Crippen LogP contribution is 2.66. The molecule has 4 aromatic rings. The molecule has 1 fully saturated rings. The van der Waals surface area contributed by atoms with Gasteiger partial charge in [0.15, 0.2) is 11.2 Å². The Balaban J connectivity index is 1.83. The molecular formula is C41H40Cl3FN4O10S2. The maximum atomic E-state index is 15.7. The van der Waals surface area contributed by atoms with Crippen molar-refractivity contribution in [2.24, 2.45) is 0 Å². The van der Waals surface area contributed by atoms with Gasteiger partial charge in [0.2, 0.25) is 31.9 Å². The molecule has 20 heteroatoms. The van der Waals surface area contributed by atoms with Gasteiger partial charge in [0.1, 0.15) is 22.7 Å². The third-order valence-corrected chi connectivity index (χ3v) is 12.4. The number of hydrogen-bond acceptors (Lipinski definition) is 10. The minimum Gasteiger partial charge on any atom is -0.478 e. The molecule has 4 N–H and O–H groups in total. The Labute approximate surface area is 366 Å². The smallest absolute Gasteiger partial charge is 0.277 e. The molecule has 6 rings (SSSR count). The maximum Gasteiger partial charge on any atom is 0.277 e. The van der Waals surface area contributed by atoms with Crippen molar-refractivity contribution in [1.29, 1.82) is 0 Å². The van der Waals surface area contributed by atoms with Crippen LogP contribution >= 0.6 is 34.8 Å². The van der Waals surface area contributed by atoms with Gasteiger partial charge in [-0.3, -0.25) is 19.2 Å². The Hall–Kier alpha value is -4.94. The number of carbonyl (C=O) groups is 4. The van der Waals surface area contributed by atoms with Crippen LogP contribution in [0.4, 0.5) is 10.1 Å². The molecule has 1 spiro atoms. The normalized spacial score (nSPS) is 18.8. The largest absolute Gasteiger partial charge is 0.478 e. The summed E-state index contributed by atoms with van der Waals surface area (Å²) in [7, 11) is -8.20. The summed E-state index contributed by atoms with van der Waals surface area (Å²) in [6.45, 7) is 6.82. The number of sulfonamides is 2. The van der Waals surface area contributed by atoms with Gasteiger partial charge in [-0.05, 0) is 112 Å². The highest BCUT2D eigenvalue weighted by atomic mass is 35.5. The number of amides is 4. The Morgan fingerprint density at radius 1 is 0.738 bits per heavy atom. The number of fused-ring (bicyclic) bond motifs is 2. The third-order valence-electron chi connectivity index (χ3n) is 10.6. The van der Waals surface area contributed by atoms with E-state index in [1.165, 1.54) is 94.4 Å². The summed E-state index contributed by atoms with van der Waals surface area (Å²) in [4.78, 5) is 57.5. The van der Waals surface area contributed by atoms with E-state index in [-0.39, 0.29) is 54.5 Å². The van der Waals surface area contributed by atoms with E-state index in [9.17, 15) is 31.2 Å². The first kappa shape index (κ1) is 45.6. The van der Waals surface area contributed by atoms with Crippen molar-refractivity contribution in [2.75, 3.05) is 17.8 Å². The second-order valence-electron chi connectivity index (χ2n) is 15.9. The summed E-state index contributed by atoms with van der Waals surface area (Å²) in [5.41, 5.74) is -7.34. The number of aryl methyl sites for hydroxylation is 1. The van der Waals surface area contributed by atoms with Crippen LogP contribution in [-0.4, -0.2) is 64.2 Å². The van der Waals surface area contributed by atoms with E-state index in [4.69, 9.17) is 44.3 Å². The lowest BCUT2D eigenvalue weighted by Crippen LogP contribution is -2.66. The molecule has 2 unspecified atom stereocenters. The number of carbonyl (C=O) groups excluding carboxylic acids is 4. The van der Waals surface area contributed by atoms with Crippen LogP contribution in [0.2, 0.25) is 15.1 Å². The van der Waals surface area contributed by atoms with Crippen molar-refractivity contribution in [3.63, 3.8) is 0 Å². The van der Waals surface area contributed by atoms with Crippen molar-refractivity contribution >= 4 is 84.2 Å². The van der Waals surface area contributed by atoms with Crippen LogP contribution in [0.3, 0.4) is 0 Å². The van der Waals surface area contributed by atoms with Gasteiger partial charge in [-0.25, -0.2) is 30.7 Å². The zero-order chi connectivity index (χ0) is 45.2. The molecule has 2 aliphatic heterocycles. The predicted octanol–water partition coefficient (Wildman–Crippen LogP) is 6.00. The van der Waals surface area contributed by atoms with Crippen molar-refractivity contribution in [2.45, 2.75) is 69.1 Å².